The molecule has 0 spiro atoms. The fraction of sp³-hybridized carbons (Fsp3) is 0.222. The Labute approximate surface area is 105 Å². The van der Waals surface area contributed by atoms with Gasteiger partial charge in [-0.1, -0.05) is 45.2 Å². The predicted octanol–water partition coefficient (Wildman–Crippen LogP) is 2.87. The molecule has 0 aliphatic rings. The first-order valence-electron chi connectivity index (χ1n) is 3.86. The van der Waals surface area contributed by atoms with E-state index >= 15 is 0 Å². The lowest BCUT2D eigenvalue weighted by atomic mass is 10.1. The Balaban J connectivity index is 3.29. The highest BCUT2D eigenvalue weighted by Gasteiger charge is 2.29. The van der Waals surface area contributed by atoms with Crippen molar-refractivity contribution in [3.63, 3.8) is 0 Å². The van der Waals surface area contributed by atoms with Crippen LogP contribution in [-0.2, 0) is 10.5 Å². The third-order valence-electron chi connectivity index (χ3n) is 1.78. The molecule has 0 aliphatic carbocycles. The van der Waals surface area contributed by atoms with Crippen molar-refractivity contribution in [2.75, 3.05) is 5.33 Å². The summed E-state index contributed by atoms with van der Waals surface area (Å²) in [5, 5.41) is 10.7. The zero-order chi connectivity index (χ0) is 11.5. The first kappa shape index (κ1) is 12.7. The summed E-state index contributed by atoms with van der Waals surface area (Å²) in [6.45, 7) is 0. The van der Waals surface area contributed by atoms with Crippen LogP contribution >= 0.6 is 39.1 Å². The Morgan fingerprint density at radius 2 is 2.20 bits per heavy atom. The van der Waals surface area contributed by atoms with Crippen molar-refractivity contribution >= 4 is 45.2 Å². The highest BCUT2D eigenvalue weighted by Crippen LogP contribution is 2.32. The average molecular weight is 311 g/mol. The van der Waals surface area contributed by atoms with E-state index in [1.807, 2.05) is 0 Å². The second-order valence-corrected chi connectivity index (χ2v) is 4.18. The van der Waals surface area contributed by atoms with E-state index in [2.05, 4.69) is 20.9 Å². The third kappa shape index (κ3) is 2.80. The van der Waals surface area contributed by atoms with Gasteiger partial charge < -0.3 is 5.11 Å². The molecule has 0 aliphatic heterocycles. The molecule has 0 amide bonds. The van der Waals surface area contributed by atoms with E-state index in [1.54, 1.807) is 6.07 Å². The highest BCUT2D eigenvalue weighted by molar-refractivity contribution is 9.09. The molecule has 15 heavy (non-hydrogen) atoms. The zero-order valence-electron chi connectivity index (χ0n) is 7.38. The number of rotatable bonds is 3. The normalized spacial score (nSPS) is 14.1. The van der Waals surface area contributed by atoms with E-state index in [1.165, 1.54) is 18.2 Å². The van der Waals surface area contributed by atoms with E-state index in [0.717, 1.165) is 0 Å². The lowest BCUT2D eigenvalue weighted by Crippen LogP contribution is -2.25. The van der Waals surface area contributed by atoms with Crippen molar-refractivity contribution in [2.45, 2.75) is 5.72 Å². The number of aliphatic imine (C=N–C) groups is 1. The molecule has 1 aromatic rings. The first-order chi connectivity index (χ1) is 7.03. The van der Waals surface area contributed by atoms with Crippen LogP contribution in [0.1, 0.15) is 5.56 Å². The Morgan fingerprint density at radius 1 is 1.53 bits per heavy atom. The number of carbonyl (C=O) groups excluding carboxylic acids is 1. The quantitative estimate of drug-likeness (QED) is 0.530. The minimum absolute atomic E-state index is 0.0383. The van der Waals surface area contributed by atoms with Crippen LogP contribution in [0.2, 0.25) is 10.0 Å². The number of isocyanates is 1. The molecular weight excluding hydrogens is 305 g/mol. The maximum Gasteiger partial charge on any atom is 0.238 e. The molecule has 0 saturated carbocycles. The molecule has 0 aromatic heterocycles. The molecule has 1 unspecified atom stereocenters. The van der Waals surface area contributed by atoms with E-state index in [4.69, 9.17) is 23.2 Å². The standard InChI is InChI=1S/C9H6BrCl2NO2/c10-4-9(15,13-5-14)7-2-1-6(11)3-8(7)12/h1-3,15H,4H2. The van der Waals surface area contributed by atoms with Gasteiger partial charge in [-0.3, -0.25) is 0 Å². The van der Waals surface area contributed by atoms with Gasteiger partial charge in [0.05, 0.1) is 10.4 Å². The molecule has 0 fully saturated rings. The van der Waals surface area contributed by atoms with E-state index < -0.39 is 5.72 Å². The summed E-state index contributed by atoms with van der Waals surface area (Å²) in [7, 11) is 0. The van der Waals surface area contributed by atoms with Gasteiger partial charge >= 0.3 is 0 Å². The summed E-state index contributed by atoms with van der Waals surface area (Å²) in [4.78, 5) is 13.5. The summed E-state index contributed by atoms with van der Waals surface area (Å²) in [6.07, 6.45) is 1.30. The monoisotopic (exact) mass is 309 g/mol. The Hall–Kier alpha value is -0.380. The fourth-order valence-corrected chi connectivity index (χ4v) is 2.04. The van der Waals surface area contributed by atoms with Gasteiger partial charge in [0.1, 0.15) is 0 Å². The van der Waals surface area contributed by atoms with E-state index in [-0.39, 0.29) is 10.4 Å². The number of aliphatic hydroxyl groups is 1. The number of nitrogens with zero attached hydrogens (tertiary/aromatic N) is 1. The van der Waals surface area contributed by atoms with Crippen molar-refractivity contribution in [2.24, 2.45) is 4.99 Å². The van der Waals surface area contributed by atoms with Crippen LogP contribution in [0.5, 0.6) is 0 Å². The molecule has 3 nitrogen and oxygen atoms in total. The summed E-state index contributed by atoms with van der Waals surface area (Å²) in [5.74, 6) is 0. The van der Waals surface area contributed by atoms with Gasteiger partial charge in [-0.05, 0) is 12.1 Å². The van der Waals surface area contributed by atoms with Crippen LogP contribution in [0.25, 0.3) is 0 Å². The van der Waals surface area contributed by atoms with Gasteiger partial charge in [-0.2, -0.15) is 4.99 Å². The zero-order valence-corrected chi connectivity index (χ0v) is 10.5. The summed E-state index contributed by atoms with van der Waals surface area (Å²) in [6, 6.07) is 4.52. The predicted molar refractivity (Wildman–Crippen MR) is 62.3 cm³/mol. The van der Waals surface area contributed by atoms with Crippen molar-refractivity contribution in [1.82, 2.24) is 0 Å². The van der Waals surface area contributed by atoms with Crippen LogP contribution in [0.3, 0.4) is 0 Å². The maximum absolute atomic E-state index is 10.2. The smallest absolute Gasteiger partial charge is 0.238 e. The Kier molecular flexibility index (Phi) is 4.32. The second-order valence-electron chi connectivity index (χ2n) is 2.78. The lowest BCUT2D eigenvalue weighted by molar-refractivity contribution is 0.0743. The van der Waals surface area contributed by atoms with E-state index in [9.17, 15) is 9.90 Å². The van der Waals surface area contributed by atoms with Gasteiger partial charge in [-0.15, -0.1) is 0 Å². The van der Waals surface area contributed by atoms with Crippen LogP contribution in [0.4, 0.5) is 0 Å². The molecular formula is C9H6BrCl2NO2. The average Bonchev–Trinajstić information content (AvgIpc) is 2.17. The molecule has 1 N–H and O–H groups in total. The minimum atomic E-state index is -1.70. The van der Waals surface area contributed by atoms with Crippen LogP contribution in [0, 0.1) is 0 Å². The van der Waals surface area contributed by atoms with Crippen molar-refractivity contribution in [3.8, 4) is 0 Å². The largest absolute Gasteiger partial charge is 0.364 e. The van der Waals surface area contributed by atoms with Crippen molar-refractivity contribution < 1.29 is 9.90 Å². The number of hydrogen-bond acceptors (Lipinski definition) is 3. The van der Waals surface area contributed by atoms with Gasteiger partial charge in [0.25, 0.3) is 0 Å². The first-order valence-corrected chi connectivity index (χ1v) is 5.74. The van der Waals surface area contributed by atoms with Crippen LogP contribution in [0.15, 0.2) is 23.2 Å². The minimum Gasteiger partial charge on any atom is -0.364 e. The Bertz CT molecular complexity index is 421. The third-order valence-corrected chi connectivity index (χ3v) is 3.11. The number of halogens is 3. The molecule has 0 saturated heterocycles. The summed E-state index contributed by atoms with van der Waals surface area (Å²) >= 11 is 14.6. The number of benzene rings is 1. The molecule has 80 valence electrons. The summed E-state index contributed by atoms with van der Waals surface area (Å²) < 4.78 is 0. The van der Waals surface area contributed by atoms with E-state index in [0.29, 0.717) is 10.6 Å². The Morgan fingerprint density at radius 3 is 2.67 bits per heavy atom. The number of alkyl halides is 1. The SMILES string of the molecule is O=C=NC(O)(CBr)c1ccc(Cl)cc1Cl. The molecule has 1 aromatic carbocycles. The molecule has 6 heteroatoms. The van der Waals surface area contributed by atoms with Gasteiger partial charge in [0.2, 0.25) is 11.8 Å². The maximum atomic E-state index is 10.2. The van der Waals surface area contributed by atoms with Crippen LogP contribution in [-0.4, -0.2) is 16.5 Å². The second kappa shape index (κ2) is 5.10. The molecule has 0 heterocycles. The number of hydrogen-bond donors (Lipinski definition) is 1. The van der Waals surface area contributed by atoms with Crippen molar-refractivity contribution in [1.29, 1.82) is 0 Å². The van der Waals surface area contributed by atoms with Crippen molar-refractivity contribution in [3.05, 3.63) is 33.8 Å². The highest BCUT2D eigenvalue weighted by atomic mass is 79.9. The molecule has 0 radical (unpaired) electrons. The van der Waals surface area contributed by atoms with Gasteiger partial charge in [-0.25, -0.2) is 4.79 Å². The van der Waals surface area contributed by atoms with Crippen LogP contribution < -0.4 is 0 Å². The summed E-state index contributed by atoms with van der Waals surface area (Å²) in [5.41, 5.74) is -1.41. The van der Waals surface area contributed by atoms with Gasteiger partial charge in [0, 0.05) is 10.6 Å². The molecule has 0 bridgehead atoms. The molecule has 1 rings (SSSR count). The topological polar surface area (TPSA) is 49.7 Å². The fourth-order valence-electron chi connectivity index (χ4n) is 1.05. The lowest BCUT2D eigenvalue weighted by Gasteiger charge is -2.20. The molecule has 1 atom stereocenters. The van der Waals surface area contributed by atoms with Gasteiger partial charge in [0.15, 0.2) is 0 Å².